The summed E-state index contributed by atoms with van der Waals surface area (Å²) in [6, 6.07) is 8.81. The molecule has 1 aromatic heterocycles. The van der Waals surface area contributed by atoms with Crippen molar-refractivity contribution < 1.29 is 19.0 Å². The summed E-state index contributed by atoms with van der Waals surface area (Å²) in [6.07, 6.45) is 0.663. The second-order valence-electron chi connectivity index (χ2n) is 5.89. The number of methoxy groups -OCH3 is 2. The Bertz CT molecular complexity index is 726. The van der Waals surface area contributed by atoms with E-state index in [0.717, 1.165) is 12.1 Å². The molecule has 0 bridgehead atoms. The summed E-state index contributed by atoms with van der Waals surface area (Å²) in [5.41, 5.74) is 1.37. The molecule has 0 N–H and O–H groups in total. The molecule has 1 aliphatic heterocycles. The van der Waals surface area contributed by atoms with Gasteiger partial charge in [-0.05, 0) is 25.1 Å². The summed E-state index contributed by atoms with van der Waals surface area (Å²) in [5.74, 6) is 1.58. The molecule has 25 heavy (non-hydrogen) atoms. The van der Waals surface area contributed by atoms with Gasteiger partial charge in [0, 0.05) is 30.7 Å². The molecular formula is C18H21N3O4. The molecule has 0 spiro atoms. The van der Waals surface area contributed by atoms with E-state index < -0.39 is 0 Å². The van der Waals surface area contributed by atoms with Gasteiger partial charge in [-0.3, -0.25) is 4.79 Å². The number of rotatable bonds is 5. The molecule has 0 aliphatic carbocycles. The molecule has 132 valence electrons. The van der Waals surface area contributed by atoms with Gasteiger partial charge >= 0.3 is 0 Å². The molecule has 2 aromatic rings. The molecular weight excluding hydrogens is 322 g/mol. The minimum Gasteiger partial charge on any atom is -0.497 e. The van der Waals surface area contributed by atoms with Crippen LogP contribution < -0.4 is 14.2 Å². The SMILES string of the molecule is COc1cc(OC)cc(C(=O)N2CC[C@H](Oc3ccc(C)nn3)C2)c1. The van der Waals surface area contributed by atoms with Crippen molar-refractivity contribution in [2.24, 2.45) is 0 Å². The average Bonchev–Trinajstić information content (AvgIpc) is 3.11. The Morgan fingerprint density at radius 2 is 1.84 bits per heavy atom. The smallest absolute Gasteiger partial charge is 0.254 e. The lowest BCUT2D eigenvalue weighted by molar-refractivity contribution is 0.0770. The number of aryl methyl sites for hydroxylation is 1. The number of carbonyl (C=O) groups excluding carboxylic acids is 1. The van der Waals surface area contributed by atoms with Crippen LogP contribution in [0.5, 0.6) is 17.4 Å². The third kappa shape index (κ3) is 3.99. The highest BCUT2D eigenvalue weighted by molar-refractivity contribution is 5.95. The Balaban J connectivity index is 1.67. The van der Waals surface area contributed by atoms with Gasteiger partial charge in [0.25, 0.3) is 5.91 Å². The van der Waals surface area contributed by atoms with Gasteiger partial charge in [0.1, 0.15) is 17.6 Å². The second-order valence-corrected chi connectivity index (χ2v) is 5.89. The van der Waals surface area contributed by atoms with E-state index in [4.69, 9.17) is 14.2 Å². The van der Waals surface area contributed by atoms with Crippen LogP contribution in [0.1, 0.15) is 22.5 Å². The highest BCUT2D eigenvalue weighted by atomic mass is 16.5. The summed E-state index contributed by atoms with van der Waals surface area (Å²) in [6.45, 7) is 3.01. The third-order valence-electron chi connectivity index (χ3n) is 4.09. The molecule has 2 heterocycles. The number of hydrogen-bond acceptors (Lipinski definition) is 6. The maximum Gasteiger partial charge on any atom is 0.254 e. The summed E-state index contributed by atoms with van der Waals surface area (Å²) in [5, 5.41) is 7.98. The first-order valence-corrected chi connectivity index (χ1v) is 8.08. The second kappa shape index (κ2) is 7.38. The van der Waals surface area contributed by atoms with Crippen LogP contribution in [0.2, 0.25) is 0 Å². The van der Waals surface area contributed by atoms with Crippen LogP contribution in [0.25, 0.3) is 0 Å². The molecule has 7 heteroatoms. The zero-order valence-electron chi connectivity index (χ0n) is 14.6. The Hall–Kier alpha value is -2.83. The van der Waals surface area contributed by atoms with Crippen LogP contribution in [0, 0.1) is 6.92 Å². The standard InChI is InChI=1S/C18H21N3O4/c1-12-4-5-17(20-19-12)25-14-6-7-21(11-14)18(22)13-8-15(23-2)10-16(9-13)24-3/h4-5,8-10,14H,6-7,11H2,1-3H3/t14-/m0/s1. The van der Waals surface area contributed by atoms with Crippen molar-refractivity contribution in [2.75, 3.05) is 27.3 Å². The monoisotopic (exact) mass is 343 g/mol. The molecule has 1 atom stereocenters. The largest absolute Gasteiger partial charge is 0.497 e. The third-order valence-corrected chi connectivity index (χ3v) is 4.09. The van der Waals surface area contributed by atoms with Gasteiger partial charge in [0.15, 0.2) is 0 Å². The van der Waals surface area contributed by atoms with E-state index in [0.29, 0.717) is 36.0 Å². The maximum atomic E-state index is 12.8. The predicted octanol–water partition coefficient (Wildman–Crippen LogP) is 2.10. The summed E-state index contributed by atoms with van der Waals surface area (Å²) < 4.78 is 16.3. The highest BCUT2D eigenvalue weighted by Gasteiger charge is 2.29. The van der Waals surface area contributed by atoms with Crippen molar-refractivity contribution in [3.8, 4) is 17.4 Å². The molecule has 1 saturated heterocycles. The van der Waals surface area contributed by atoms with Crippen LogP contribution >= 0.6 is 0 Å². The molecule has 1 fully saturated rings. The fourth-order valence-electron chi connectivity index (χ4n) is 2.74. The van der Waals surface area contributed by atoms with Crippen LogP contribution in [-0.4, -0.2) is 54.4 Å². The van der Waals surface area contributed by atoms with Gasteiger partial charge in [0.2, 0.25) is 5.88 Å². The molecule has 1 aromatic carbocycles. The van der Waals surface area contributed by atoms with E-state index in [9.17, 15) is 4.79 Å². The quantitative estimate of drug-likeness (QED) is 0.828. The molecule has 1 amide bonds. The van der Waals surface area contributed by atoms with E-state index in [1.54, 1.807) is 43.4 Å². The lowest BCUT2D eigenvalue weighted by Crippen LogP contribution is -2.31. The maximum absolute atomic E-state index is 12.8. The van der Waals surface area contributed by atoms with Crippen molar-refractivity contribution in [1.82, 2.24) is 15.1 Å². The first-order chi connectivity index (χ1) is 12.1. The lowest BCUT2D eigenvalue weighted by Gasteiger charge is -2.18. The Kier molecular flexibility index (Phi) is 5.02. The molecule has 1 aliphatic rings. The first kappa shape index (κ1) is 17.0. The number of hydrogen-bond donors (Lipinski definition) is 0. The molecule has 0 saturated carbocycles. The molecule has 0 radical (unpaired) electrons. The minimum atomic E-state index is -0.0894. The zero-order chi connectivity index (χ0) is 17.8. The fourth-order valence-corrected chi connectivity index (χ4v) is 2.74. The number of carbonyl (C=O) groups is 1. The van der Waals surface area contributed by atoms with E-state index in [1.807, 2.05) is 13.0 Å². The lowest BCUT2D eigenvalue weighted by atomic mass is 10.1. The van der Waals surface area contributed by atoms with Crippen molar-refractivity contribution in [1.29, 1.82) is 0 Å². The van der Waals surface area contributed by atoms with Crippen LogP contribution in [0.4, 0.5) is 0 Å². The van der Waals surface area contributed by atoms with Crippen LogP contribution in [-0.2, 0) is 0 Å². The number of likely N-dealkylation sites (tertiary alicyclic amines) is 1. The van der Waals surface area contributed by atoms with Gasteiger partial charge in [-0.25, -0.2) is 0 Å². The minimum absolute atomic E-state index is 0.0710. The van der Waals surface area contributed by atoms with E-state index in [-0.39, 0.29) is 12.0 Å². The van der Waals surface area contributed by atoms with Crippen LogP contribution in [0.15, 0.2) is 30.3 Å². The number of amides is 1. The number of nitrogens with zero attached hydrogens (tertiary/aromatic N) is 3. The van der Waals surface area contributed by atoms with Crippen molar-refractivity contribution in [2.45, 2.75) is 19.4 Å². The summed E-state index contributed by atoms with van der Waals surface area (Å²) in [4.78, 5) is 14.5. The Morgan fingerprint density at radius 1 is 1.12 bits per heavy atom. The summed E-state index contributed by atoms with van der Waals surface area (Å²) in [7, 11) is 3.12. The van der Waals surface area contributed by atoms with Gasteiger partial charge < -0.3 is 19.1 Å². The normalized spacial score (nSPS) is 16.6. The van der Waals surface area contributed by atoms with Crippen molar-refractivity contribution >= 4 is 5.91 Å². The van der Waals surface area contributed by atoms with Gasteiger partial charge in [-0.2, -0.15) is 5.10 Å². The average molecular weight is 343 g/mol. The molecule has 3 rings (SSSR count). The predicted molar refractivity (Wildman–Crippen MR) is 91.3 cm³/mol. The Morgan fingerprint density at radius 3 is 2.44 bits per heavy atom. The molecule has 0 unspecified atom stereocenters. The fraction of sp³-hybridized carbons (Fsp3) is 0.389. The summed E-state index contributed by atoms with van der Waals surface area (Å²) >= 11 is 0. The first-order valence-electron chi connectivity index (χ1n) is 8.08. The number of aromatic nitrogens is 2. The van der Waals surface area contributed by atoms with Crippen molar-refractivity contribution in [3.05, 3.63) is 41.6 Å². The van der Waals surface area contributed by atoms with Gasteiger partial charge in [-0.15, -0.1) is 5.10 Å². The number of benzene rings is 1. The molecule has 7 nitrogen and oxygen atoms in total. The van der Waals surface area contributed by atoms with E-state index in [1.165, 1.54) is 0 Å². The highest BCUT2D eigenvalue weighted by Crippen LogP contribution is 2.25. The van der Waals surface area contributed by atoms with Crippen molar-refractivity contribution in [3.63, 3.8) is 0 Å². The Labute approximate surface area is 146 Å². The van der Waals surface area contributed by atoms with Gasteiger partial charge in [-0.1, -0.05) is 0 Å². The van der Waals surface area contributed by atoms with E-state index >= 15 is 0 Å². The topological polar surface area (TPSA) is 73.8 Å². The zero-order valence-corrected chi connectivity index (χ0v) is 14.6. The number of ether oxygens (including phenoxy) is 3. The van der Waals surface area contributed by atoms with Crippen LogP contribution in [0.3, 0.4) is 0 Å². The van der Waals surface area contributed by atoms with E-state index in [2.05, 4.69) is 10.2 Å². The van der Waals surface area contributed by atoms with Gasteiger partial charge in [0.05, 0.1) is 26.5 Å².